The minimum absolute atomic E-state index is 0.216. The van der Waals surface area contributed by atoms with Gasteiger partial charge in [-0.2, -0.15) is 0 Å². The second-order valence-electron chi connectivity index (χ2n) is 5.64. The number of amides is 1. The Hall–Kier alpha value is -1.79. The van der Waals surface area contributed by atoms with Crippen LogP contribution >= 0.6 is 47.0 Å². The summed E-state index contributed by atoms with van der Waals surface area (Å²) in [5, 5.41) is 8.65. The molecule has 1 atom stereocenters. The van der Waals surface area contributed by atoms with Crippen molar-refractivity contribution in [2.45, 2.75) is 16.9 Å². The molecule has 4 nitrogen and oxygen atoms in total. The highest BCUT2D eigenvalue weighted by Crippen LogP contribution is 2.29. The zero-order valence-electron chi connectivity index (χ0n) is 14.4. The van der Waals surface area contributed by atoms with Crippen molar-refractivity contribution in [2.24, 2.45) is 0 Å². The summed E-state index contributed by atoms with van der Waals surface area (Å²) in [6.07, 6.45) is 1.99. The molecule has 2 aromatic carbocycles. The summed E-state index contributed by atoms with van der Waals surface area (Å²) in [6, 6.07) is 17.0. The van der Waals surface area contributed by atoms with Gasteiger partial charge in [-0.1, -0.05) is 83.3 Å². The molecule has 0 spiro atoms. The van der Waals surface area contributed by atoms with Crippen molar-refractivity contribution in [1.82, 2.24) is 10.6 Å². The topological polar surface area (TPSA) is 53.2 Å². The molecule has 27 heavy (non-hydrogen) atoms. The second-order valence-corrected chi connectivity index (χ2v) is 8.42. The second kappa shape index (κ2) is 9.95. The van der Waals surface area contributed by atoms with E-state index in [1.54, 1.807) is 6.08 Å². The maximum absolute atomic E-state index is 12.2. The molecule has 0 heterocycles. The zero-order chi connectivity index (χ0) is 19.9. The van der Waals surface area contributed by atoms with Crippen molar-refractivity contribution in [3.63, 3.8) is 0 Å². The number of halogens is 3. The number of hydrogen-bond donors (Lipinski definition) is 3. The first-order valence-corrected chi connectivity index (χ1v) is 9.53. The van der Waals surface area contributed by atoms with Gasteiger partial charge in [-0.25, -0.2) is 0 Å². The number of carbonyl (C=O) groups excluding carboxylic acids is 1. The van der Waals surface area contributed by atoms with E-state index in [0.29, 0.717) is 0 Å². The van der Waals surface area contributed by atoms with E-state index in [1.807, 2.05) is 61.5 Å². The maximum atomic E-state index is 12.2. The molecule has 0 aromatic heterocycles. The molecule has 0 radical (unpaired) electrons. The first-order chi connectivity index (χ1) is 12.8. The van der Waals surface area contributed by atoms with Crippen LogP contribution in [0, 0.1) is 6.92 Å². The van der Waals surface area contributed by atoms with Crippen LogP contribution in [0.25, 0.3) is 6.08 Å². The van der Waals surface area contributed by atoms with Gasteiger partial charge < -0.3 is 16.0 Å². The summed E-state index contributed by atoms with van der Waals surface area (Å²) in [4.78, 5) is 12.2. The lowest BCUT2D eigenvalue weighted by Crippen LogP contribution is -2.55. The Morgan fingerprint density at radius 3 is 2.30 bits per heavy atom. The third kappa shape index (κ3) is 7.39. The van der Waals surface area contributed by atoms with E-state index >= 15 is 0 Å². The van der Waals surface area contributed by atoms with Gasteiger partial charge in [-0.05, 0) is 42.4 Å². The van der Waals surface area contributed by atoms with Gasteiger partial charge in [0.15, 0.2) is 5.11 Å². The summed E-state index contributed by atoms with van der Waals surface area (Å²) >= 11 is 23.2. The smallest absolute Gasteiger partial charge is 0.245 e. The zero-order valence-corrected chi connectivity index (χ0v) is 17.5. The van der Waals surface area contributed by atoms with E-state index in [4.69, 9.17) is 47.0 Å². The van der Waals surface area contributed by atoms with Crippen LogP contribution in [0.5, 0.6) is 0 Å². The molecule has 0 fully saturated rings. The normalized spacial score (nSPS) is 12.4. The molecule has 142 valence electrons. The SMILES string of the molecule is Cc1ccccc1NC(=S)N[C@@H](NC(=O)/C=C\c1ccccc1)C(Cl)(Cl)Cl. The third-order valence-electron chi connectivity index (χ3n) is 3.51. The van der Waals surface area contributed by atoms with Crippen molar-refractivity contribution in [3.05, 3.63) is 71.8 Å². The molecule has 8 heteroatoms. The van der Waals surface area contributed by atoms with Crippen LogP contribution in [0.1, 0.15) is 11.1 Å². The van der Waals surface area contributed by atoms with Gasteiger partial charge >= 0.3 is 0 Å². The van der Waals surface area contributed by atoms with E-state index in [-0.39, 0.29) is 5.11 Å². The fraction of sp³-hybridized carbons (Fsp3) is 0.158. The fourth-order valence-corrected chi connectivity index (χ4v) is 2.68. The molecule has 0 aliphatic heterocycles. The molecule has 0 bridgehead atoms. The van der Waals surface area contributed by atoms with Gasteiger partial charge in [0.1, 0.15) is 6.17 Å². The molecular weight excluding hydrogens is 425 g/mol. The minimum atomic E-state index is -1.81. The number of thiocarbonyl (C=S) groups is 1. The number of rotatable bonds is 5. The average molecular weight is 443 g/mol. The average Bonchev–Trinajstić information content (AvgIpc) is 2.61. The van der Waals surface area contributed by atoms with Crippen molar-refractivity contribution in [3.8, 4) is 0 Å². The number of alkyl halides is 3. The van der Waals surface area contributed by atoms with Gasteiger partial charge in [-0.15, -0.1) is 0 Å². The first kappa shape index (κ1) is 21.5. The molecule has 0 aliphatic carbocycles. The van der Waals surface area contributed by atoms with E-state index < -0.39 is 15.9 Å². The minimum Gasteiger partial charge on any atom is -0.339 e. The predicted octanol–water partition coefficient (Wildman–Crippen LogP) is 4.81. The molecular formula is C19H18Cl3N3OS. The van der Waals surface area contributed by atoms with E-state index in [1.165, 1.54) is 6.08 Å². The van der Waals surface area contributed by atoms with E-state index in [0.717, 1.165) is 16.8 Å². The summed E-state index contributed by atoms with van der Waals surface area (Å²) in [6.45, 7) is 1.94. The number of benzene rings is 2. The van der Waals surface area contributed by atoms with Gasteiger partial charge in [-0.3, -0.25) is 4.79 Å². The Morgan fingerprint density at radius 1 is 1.04 bits per heavy atom. The number of carbonyl (C=O) groups is 1. The Bertz CT molecular complexity index is 822. The largest absolute Gasteiger partial charge is 0.339 e. The fourth-order valence-electron chi connectivity index (χ4n) is 2.13. The quantitative estimate of drug-likeness (QED) is 0.269. The summed E-state index contributed by atoms with van der Waals surface area (Å²) in [5.74, 6) is -0.429. The molecule has 0 saturated carbocycles. The molecule has 2 aromatic rings. The highest BCUT2D eigenvalue weighted by atomic mass is 35.6. The Balaban J connectivity index is 2.00. The standard InChI is InChI=1S/C19H18Cl3N3OS/c1-13-7-5-6-10-15(13)23-18(27)25-17(19(20,21)22)24-16(26)12-11-14-8-3-2-4-9-14/h2-12,17H,1H3,(H,24,26)(H2,23,25,27)/b12-11-/t17-/m1/s1. The highest BCUT2D eigenvalue weighted by molar-refractivity contribution is 7.80. The predicted molar refractivity (Wildman–Crippen MR) is 118 cm³/mol. The van der Waals surface area contributed by atoms with Crippen LogP contribution in [0.3, 0.4) is 0 Å². The van der Waals surface area contributed by atoms with Crippen LogP contribution in [-0.2, 0) is 4.79 Å². The van der Waals surface area contributed by atoms with Gasteiger partial charge in [0.25, 0.3) is 0 Å². The lowest BCUT2D eigenvalue weighted by atomic mass is 10.2. The van der Waals surface area contributed by atoms with Crippen molar-refractivity contribution < 1.29 is 4.79 Å². The maximum Gasteiger partial charge on any atom is 0.245 e. The highest BCUT2D eigenvalue weighted by Gasteiger charge is 2.34. The van der Waals surface area contributed by atoms with Crippen LogP contribution in [0.2, 0.25) is 0 Å². The third-order valence-corrected chi connectivity index (χ3v) is 4.38. The van der Waals surface area contributed by atoms with Crippen molar-refractivity contribution in [1.29, 1.82) is 0 Å². The lowest BCUT2D eigenvalue weighted by Gasteiger charge is -2.27. The molecule has 3 N–H and O–H groups in total. The number of para-hydroxylation sites is 1. The van der Waals surface area contributed by atoms with Gasteiger partial charge in [0.2, 0.25) is 9.70 Å². The Morgan fingerprint density at radius 2 is 1.67 bits per heavy atom. The van der Waals surface area contributed by atoms with Crippen LogP contribution in [0.4, 0.5) is 5.69 Å². The van der Waals surface area contributed by atoms with Crippen molar-refractivity contribution >= 4 is 69.8 Å². The lowest BCUT2D eigenvalue weighted by molar-refractivity contribution is -0.117. The van der Waals surface area contributed by atoms with Gasteiger partial charge in [0.05, 0.1) is 0 Å². The molecule has 1 amide bonds. The van der Waals surface area contributed by atoms with E-state index in [9.17, 15) is 4.79 Å². The van der Waals surface area contributed by atoms with E-state index in [2.05, 4.69) is 16.0 Å². The summed E-state index contributed by atoms with van der Waals surface area (Å²) in [5.41, 5.74) is 2.69. The van der Waals surface area contributed by atoms with Crippen LogP contribution in [-0.4, -0.2) is 21.0 Å². The van der Waals surface area contributed by atoms with Gasteiger partial charge in [0, 0.05) is 11.8 Å². The number of nitrogens with one attached hydrogen (secondary N) is 3. The monoisotopic (exact) mass is 441 g/mol. The Kier molecular flexibility index (Phi) is 7.92. The molecule has 0 unspecified atom stereocenters. The van der Waals surface area contributed by atoms with Crippen LogP contribution < -0.4 is 16.0 Å². The van der Waals surface area contributed by atoms with Crippen molar-refractivity contribution in [2.75, 3.05) is 5.32 Å². The Labute approximate surface area is 178 Å². The number of anilines is 1. The van der Waals surface area contributed by atoms with Crippen LogP contribution in [0.15, 0.2) is 60.7 Å². The number of hydrogen-bond acceptors (Lipinski definition) is 2. The summed E-state index contributed by atoms with van der Waals surface area (Å²) < 4.78 is -1.81. The number of aryl methyl sites for hydroxylation is 1. The molecule has 0 aliphatic rings. The first-order valence-electron chi connectivity index (χ1n) is 7.99. The molecule has 2 rings (SSSR count). The molecule has 0 saturated heterocycles. The summed E-state index contributed by atoms with van der Waals surface area (Å²) in [7, 11) is 0.